The number of Topliss-reactive ketones (excluding diaryl/α,β-unsaturated/α-hetero) is 1. The van der Waals surface area contributed by atoms with Crippen molar-refractivity contribution in [3.05, 3.63) is 46.4 Å². The molecule has 0 spiro atoms. The van der Waals surface area contributed by atoms with Gasteiger partial charge in [0.2, 0.25) is 0 Å². The fourth-order valence-electron chi connectivity index (χ4n) is 11.9. The fourth-order valence-corrected chi connectivity index (χ4v) is 12.1. The summed E-state index contributed by atoms with van der Waals surface area (Å²) in [5.74, 6) is -1.24. The number of fused-ring (bicyclic) bond motifs is 10. The first-order valence-electron chi connectivity index (χ1n) is 22.3. The summed E-state index contributed by atoms with van der Waals surface area (Å²) in [6.07, 6.45) is 6.99. The maximum atomic E-state index is 15.2. The van der Waals surface area contributed by atoms with Gasteiger partial charge < -0.3 is 47.2 Å². The van der Waals surface area contributed by atoms with Crippen molar-refractivity contribution in [2.45, 2.75) is 165 Å². The largest absolute Gasteiger partial charge is 0.462 e. The topological polar surface area (TPSA) is 129 Å². The number of carbonyl (C=O) groups is 2. The number of ketones is 1. The number of allylic oxidation sites excluding steroid dienone is 2. The smallest absolute Gasteiger partial charge is 0.306 e. The zero-order valence-corrected chi connectivity index (χ0v) is 37.5. The maximum absolute atomic E-state index is 15.2. The molecule has 5 heterocycles. The van der Waals surface area contributed by atoms with Gasteiger partial charge in [-0.15, -0.1) is 0 Å². The number of rotatable bonds is 9. The van der Waals surface area contributed by atoms with Gasteiger partial charge >= 0.3 is 5.97 Å². The number of hydrogen-bond acceptors (Lipinski definition) is 12. The Kier molecular flexibility index (Phi) is 13.5. The van der Waals surface area contributed by atoms with Crippen LogP contribution in [0.5, 0.6) is 0 Å². The Hall–Kier alpha value is -2.46. The standard InChI is InChI=1S/C46H66ClN3O10/c1-10-27-12-11-13-35(60-38-15-14-34(49(5)6)24(3)56-38)23(2)42(52)33-21-30-29-19-28(59-46-45(55-9)44(54-8)43(53-7)25(4)57-46)20-32(29)41-40(39(30)31(33)22-37(51)58-27)48-36-18-26(47)16-17-50(36)41/h16-18,21,23-25,27-32,34-35,38-39,43-46H,10-15,19-20,22H2,1-9H3/t23-,24-,25+,27+,28+,29+,30+,31-,32-,34+,35+,38+,39-,43+,44-,45-,46+/m1/s1. The molecule has 13 nitrogen and oxygen atoms in total. The van der Waals surface area contributed by atoms with E-state index < -0.39 is 30.5 Å². The number of methoxy groups -OCH3 is 3. The molecule has 1 saturated carbocycles. The number of hydrogen-bond donors (Lipinski definition) is 0. The first-order chi connectivity index (χ1) is 28.8. The number of imidazole rings is 1. The zero-order chi connectivity index (χ0) is 42.6. The molecule has 0 radical (unpaired) electrons. The average Bonchev–Trinajstić information content (AvgIpc) is 3.91. The lowest BCUT2D eigenvalue weighted by molar-refractivity contribution is -0.314. The van der Waals surface area contributed by atoms with Gasteiger partial charge in [0, 0.05) is 74.0 Å². The van der Waals surface area contributed by atoms with E-state index in [0.29, 0.717) is 35.9 Å². The Morgan fingerprint density at radius 1 is 0.917 bits per heavy atom. The van der Waals surface area contributed by atoms with Crippen molar-refractivity contribution in [1.29, 1.82) is 0 Å². The van der Waals surface area contributed by atoms with Crippen LogP contribution in [0.25, 0.3) is 5.65 Å². The van der Waals surface area contributed by atoms with Crippen molar-refractivity contribution in [3.8, 4) is 0 Å². The quantitative estimate of drug-likeness (QED) is 0.244. The highest BCUT2D eigenvalue weighted by Crippen LogP contribution is 2.61. The Morgan fingerprint density at radius 3 is 2.38 bits per heavy atom. The molecule has 3 aliphatic heterocycles. The molecule has 8 rings (SSSR count). The zero-order valence-electron chi connectivity index (χ0n) is 36.8. The number of carbonyl (C=O) groups excluding carboxylic acids is 2. The number of likely N-dealkylation sites (N-methyl/N-ethyl adjacent to an activating group) is 1. The lowest BCUT2D eigenvalue weighted by atomic mass is 9.66. The second-order valence-electron chi connectivity index (χ2n) is 18.5. The first kappa shape index (κ1) is 44.2. The second kappa shape index (κ2) is 18.3. The highest BCUT2D eigenvalue weighted by molar-refractivity contribution is 6.30. The van der Waals surface area contributed by atoms with E-state index >= 15 is 4.79 Å². The van der Waals surface area contributed by atoms with Gasteiger partial charge in [-0.25, -0.2) is 4.98 Å². The van der Waals surface area contributed by atoms with E-state index in [1.54, 1.807) is 21.3 Å². The Bertz CT molecular complexity index is 1890. The molecule has 3 saturated heterocycles. The van der Waals surface area contributed by atoms with Gasteiger partial charge in [-0.1, -0.05) is 31.5 Å². The normalized spacial score (nSPS) is 41.2. The van der Waals surface area contributed by atoms with Crippen LogP contribution in [0.4, 0.5) is 0 Å². The molecule has 0 unspecified atom stereocenters. The molecule has 0 aromatic carbocycles. The third-order valence-corrected chi connectivity index (χ3v) is 15.1. The van der Waals surface area contributed by atoms with Crippen molar-refractivity contribution >= 4 is 29.0 Å². The summed E-state index contributed by atoms with van der Waals surface area (Å²) in [6.45, 7) is 8.13. The summed E-state index contributed by atoms with van der Waals surface area (Å²) in [4.78, 5) is 36.7. The Labute approximate surface area is 360 Å². The van der Waals surface area contributed by atoms with E-state index in [-0.39, 0.29) is 84.6 Å². The SMILES string of the molecule is CC[C@H]1CCC[C@H](O[C@H]2CC[C@H](N(C)C)[C@@H](C)O2)[C@@H](C)C(=O)C2=C[C@H]3[C@@H]4C[C@H](O[C@@H]5O[C@@H](C)[C@H](OC)[C@@H](OC)[C@H]5OC)C[C@H]4c4c(nc5cc(Cl)ccn45)[C@H]3[C@@H]2CC(=O)O1. The highest BCUT2D eigenvalue weighted by Gasteiger charge is 2.57. The Balaban J connectivity index is 1.14. The van der Waals surface area contributed by atoms with E-state index in [9.17, 15) is 4.79 Å². The summed E-state index contributed by atoms with van der Waals surface area (Å²) in [7, 11) is 9.12. The predicted octanol–water partition coefficient (Wildman–Crippen LogP) is 6.87. The number of esters is 1. The van der Waals surface area contributed by atoms with Crippen LogP contribution < -0.4 is 0 Å². The molecule has 17 atom stereocenters. The number of nitrogens with zero attached hydrogens (tertiary/aromatic N) is 3. The minimum absolute atomic E-state index is 0.00347. The average molecular weight is 856 g/mol. The summed E-state index contributed by atoms with van der Waals surface area (Å²) < 4.78 is 52.6. The van der Waals surface area contributed by atoms with Gasteiger partial charge in [-0.3, -0.25) is 9.59 Å². The highest BCUT2D eigenvalue weighted by atomic mass is 35.5. The summed E-state index contributed by atoms with van der Waals surface area (Å²) in [5.41, 5.74) is 3.44. The summed E-state index contributed by atoms with van der Waals surface area (Å²) in [5, 5.41) is 0.593. The monoisotopic (exact) mass is 855 g/mol. The van der Waals surface area contributed by atoms with Gasteiger partial charge in [-0.05, 0) is 103 Å². The molecule has 14 heteroatoms. The van der Waals surface area contributed by atoms with Crippen LogP contribution >= 0.6 is 11.6 Å². The lowest BCUT2D eigenvalue weighted by Gasteiger charge is -2.44. The molecule has 0 N–H and O–H groups in total. The molecule has 3 aliphatic carbocycles. The van der Waals surface area contributed by atoms with Crippen LogP contribution in [0.15, 0.2) is 30.0 Å². The minimum Gasteiger partial charge on any atom is -0.462 e. The van der Waals surface area contributed by atoms with Gasteiger partial charge in [-0.2, -0.15) is 0 Å². The molecular weight excluding hydrogens is 790 g/mol. The van der Waals surface area contributed by atoms with Crippen LogP contribution in [-0.4, -0.2) is 129 Å². The molecule has 4 fully saturated rings. The number of aromatic nitrogens is 2. The van der Waals surface area contributed by atoms with E-state index in [2.05, 4.69) is 43.3 Å². The molecule has 2 aromatic heterocycles. The molecule has 0 bridgehead atoms. The predicted molar refractivity (Wildman–Crippen MR) is 224 cm³/mol. The van der Waals surface area contributed by atoms with Crippen LogP contribution in [0, 0.1) is 23.7 Å². The molecule has 2 aromatic rings. The fraction of sp³-hybridized carbons (Fsp3) is 0.761. The number of ether oxygens (including phenoxy) is 8. The van der Waals surface area contributed by atoms with Crippen LogP contribution in [-0.2, 0) is 47.5 Å². The van der Waals surface area contributed by atoms with E-state index in [0.717, 1.165) is 49.1 Å². The summed E-state index contributed by atoms with van der Waals surface area (Å²) in [6, 6.07) is 4.08. The van der Waals surface area contributed by atoms with Gasteiger partial charge in [0.15, 0.2) is 18.4 Å². The van der Waals surface area contributed by atoms with Gasteiger partial charge in [0.05, 0.1) is 36.5 Å². The van der Waals surface area contributed by atoms with Crippen LogP contribution in [0.3, 0.4) is 0 Å². The lowest BCUT2D eigenvalue weighted by Crippen LogP contribution is -2.59. The van der Waals surface area contributed by atoms with Crippen LogP contribution in [0.2, 0.25) is 5.02 Å². The second-order valence-corrected chi connectivity index (χ2v) is 18.9. The van der Waals surface area contributed by atoms with Crippen molar-refractivity contribution in [3.63, 3.8) is 0 Å². The van der Waals surface area contributed by atoms with Crippen LogP contribution in [0.1, 0.15) is 109 Å². The van der Waals surface area contributed by atoms with Crippen molar-refractivity contribution in [1.82, 2.24) is 14.3 Å². The van der Waals surface area contributed by atoms with Gasteiger partial charge in [0.25, 0.3) is 0 Å². The van der Waals surface area contributed by atoms with Gasteiger partial charge in [0.1, 0.15) is 30.1 Å². The molecule has 60 heavy (non-hydrogen) atoms. The Morgan fingerprint density at radius 2 is 1.68 bits per heavy atom. The maximum Gasteiger partial charge on any atom is 0.306 e. The number of pyridine rings is 1. The third-order valence-electron chi connectivity index (χ3n) is 14.9. The number of cyclic esters (lactones) is 1. The summed E-state index contributed by atoms with van der Waals surface area (Å²) >= 11 is 6.57. The first-order valence-corrected chi connectivity index (χ1v) is 22.7. The molecule has 0 amide bonds. The minimum atomic E-state index is -0.676. The molecule has 332 valence electrons. The van der Waals surface area contributed by atoms with E-state index in [4.69, 9.17) is 54.5 Å². The third kappa shape index (κ3) is 8.25. The number of halogens is 1. The van der Waals surface area contributed by atoms with Crippen molar-refractivity contribution in [2.24, 2.45) is 23.7 Å². The van der Waals surface area contributed by atoms with E-state index in [1.165, 1.54) is 0 Å². The molecule has 6 aliphatic rings. The van der Waals surface area contributed by atoms with Crippen molar-refractivity contribution < 1.29 is 47.5 Å². The van der Waals surface area contributed by atoms with Crippen molar-refractivity contribution in [2.75, 3.05) is 35.4 Å². The molecular formula is C46H66ClN3O10. The van der Waals surface area contributed by atoms with E-state index in [1.807, 2.05) is 32.2 Å².